The molecule has 2 aromatic carbocycles. The molecule has 0 aliphatic carbocycles. The van der Waals surface area contributed by atoms with Gasteiger partial charge in [0, 0.05) is 42.8 Å². The number of anilines is 2. The first-order valence-electron chi connectivity index (χ1n) is 14.2. The number of carboxylic acids is 1. The number of aromatic nitrogens is 2. The fourth-order valence-corrected chi connectivity index (χ4v) is 6.05. The quantitative estimate of drug-likeness (QED) is 0.239. The maximum Gasteiger partial charge on any atom is 0.429 e. The van der Waals surface area contributed by atoms with E-state index in [-0.39, 0.29) is 45.8 Å². The maximum absolute atomic E-state index is 14.7. The molecule has 0 radical (unpaired) electrons. The topological polar surface area (TPSA) is 143 Å². The zero-order valence-electron chi connectivity index (χ0n) is 24.1. The lowest BCUT2D eigenvalue weighted by atomic mass is 9.76. The number of ether oxygens (including phenoxy) is 1. The number of nitrogen functional groups attached to an aromatic ring is 1. The zero-order chi connectivity index (χ0) is 32.4. The molecule has 2 aliphatic rings. The fourth-order valence-electron chi connectivity index (χ4n) is 5.88. The van der Waals surface area contributed by atoms with Crippen LogP contribution >= 0.6 is 11.6 Å². The smallest absolute Gasteiger partial charge is 0.429 e. The van der Waals surface area contributed by atoms with E-state index in [1.54, 1.807) is 24.3 Å². The van der Waals surface area contributed by atoms with Crippen molar-refractivity contribution in [3.8, 4) is 17.0 Å². The highest BCUT2D eigenvalue weighted by Gasteiger charge is 2.46. The number of nitrogens with zero attached hydrogens (tertiary/aromatic N) is 3. The van der Waals surface area contributed by atoms with Crippen LogP contribution < -0.4 is 26.0 Å². The largest absolute Gasteiger partial charge is 0.480 e. The summed E-state index contributed by atoms with van der Waals surface area (Å²) in [7, 11) is 0. The number of carbonyl (C=O) groups excluding carboxylic acids is 1. The Labute approximate surface area is 262 Å². The molecule has 0 bridgehead atoms. The van der Waals surface area contributed by atoms with E-state index < -0.39 is 24.3 Å². The van der Waals surface area contributed by atoms with Gasteiger partial charge in [-0.2, -0.15) is 23.1 Å². The van der Waals surface area contributed by atoms with Gasteiger partial charge in [0.05, 0.1) is 0 Å². The van der Waals surface area contributed by atoms with Crippen LogP contribution in [0.1, 0.15) is 36.5 Å². The molecule has 238 valence electrons. The molecule has 14 heteroatoms. The Morgan fingerprint density at radius 1 is 1.22 bits per heavy atom. The summed E-state index contributed by atoms with van der Waals surface area (Å²) in [5.74, 6) is -1.55. The van der Waals surface area contributed by atoms with E-state index in [0.717, 1.165) is 6.08 Å². The lowest BCUT2D eigenvalue weighted by molar-refractivity contribution is -0.198. The number of amides is 1. The standard InChI is InChI=1S/C31H32ClF3N6O4/c1-2-25(42)37-16-18-4-3-5-19(12-18)22-13-20(32)6-7-21(22)27(31(33,34)35)45-26-14-24(39-29(36)40-26)41-10-8-30(9-11-41)15-23(28(43)44)38-17-30/h2-7,12-14,23,27,38H,1,8-11,15-17H2,(H,37,42)(H,43,44)(H2,36,39,40). The molecule has 2 unspecified atom stereocenters. The van der Waals surface area contributed by atoms with Gasteiger partial charge in [0.25, 0.3) is 0 Å². The minimum atomic E-state index is -4.86. The van der Waals surface area contributed by atoms with Crippen molar-refractivity contribution in [1.29, 1.82) is 0 Å². The predicted molar refractivity (Wildman–Crippen MR) is 163 cm³/mol. The lowest BCUT2D eigenvalue weighted by Crippen LogP contribution is -2.41. The van der Waals surface area contributed by atoms with Crippen molar-refractivity contribution in [2.24, 2.45) is 5.41 Å². The van der Waals surface area contributed by atoms with Crippen LogP contribution in [-0.2, 0) is 16.1 Å². The molecular weight excluding hydrogens is 613 g/mol. The Bertz CT molecular complexity index is 1600. The summed E-state index contributed by atoms with van der Waals surface area (Å²) >= 11 is 6.24. The number of rotatable bonds is 9. The Hall–Kier alpha value is -4.36. The summed E-state index contributed by atoms with van der Waals surface area (Å²) in [6.07, 6.45) is -4.29. The zero-order valence-corrected chi connectivity index (χ0v) is 24.9. The minimum absolute atomic E-state index is 0.144. The second-order valence-corrected chi connectivity index (χ2v) is 11.7. The van der Waals surface area contributed by atoms with Crippen molar-refractivity contribution in [1.82, 2.24) is 20.6 Å². The number of nitrogens with one attached hydrogen (secondary N) is 2. The highest BCUT2D eigenvalue weighted by atomic mass is 35.5. The summed E-state index contributed by atoms with van der Waals surface area (Å²) in [5, 5.41) is 15.3. The van der Waals surface area contributed by atoms with Gasteiger partial charge in [0.15, 0.2) is 0 Å². The van der Waals surface area contributed by atoms with Crippen molar-refractivity contribution in [2.45, 2.75) is 44.1 Å². The van der Waals surface area contributed by atoms with Crippen LogP contribution in [0.25, 0.3) is 11.1 Å². The number of aliphatic carboxylic acids is 1. The molecule has 3 aromatic rings. The van der Waals surface area contributed by atoms with Gasteiger partial charge in [-0.15, -0.1) is 0 Å². The minimum Gasteiger partial charge on any atom is -0.480 e. The molecule has 5 rings (SSSR count). The van der Waals surface area contributed by atoms with Gasteiger partial charge in [-0.3, -0.25) is 9.59 Å². The van der Waals surface area contributed by atoms with Crippen molar-refractivity contribution in [3.63, 3.8) is 0 Å². The van der Waals surface area contributed by atoms with Crippen LogP contribution in [0, 0.1) is 5.41 Å². The SMILES string of the molecule is C=CC(=O)NCc1cccc(-c2cc(Cl)ccc2C(Oc2cc(N3CCC4(CC3)CNC(C(=O)O)C4)nc(N)n2)C(F)(F)F)c1. The molecule has 2 fully saturated rings. The molecule has 10 nitrogen and oxygen atoms in total. The predicted octanol–water partition coefficient (Wildman–Crippen LogP) is 4.90. The van der Waals surface area contributed by atoms with Gasteiger partial charge in [0.2, 0.25) is 23.8 Å². The first kappa shape index (κ1) is 32.0. The number of hydrogen-bond donors (Lipinski definition) is 4. The number of hydrogen-bond acceptors (Lipinski definition) is 8. The molecule has 1 amide bonds. The molecule has 0 saturated carbocycles. The van der Waals surface area contributed by atoms with Crippen LogP contribution in [0.5, 0.6) is 5.88 Å². The van der Waals surface area contributed by atoms with E-state index in [2.05, 4.69) is 27.2 Å². The lowest BCUT2D eigenvalue weighted by Gasteiger charge is -2.39. The molecule has 45 heavy (non-hydrogen) atoms. The maximum atomic E-state index is 14.7. The van der Waals surface area contributed by atoms with Crippen LogP contribution in [-0.4, -0.2) is 58.8 Å². The van der Waals surface area contributed by atoms with Gasteiger partial charge in [-0.05, 0) is 65.6 Å². The van der Waals surface area contributed by atoms with E-state index >= 15 is 0 Å². The summed E-state index contributed by atoms with van der Waals surface area (Å²) in [6.45, 7) is 5.16. The van der Waals surface area contributed by atoms with Gasteiger partial charge in [0.1, 0.15) is 11.9 Å². The Balaban J connectivity index is 1.41. The second-order valence-electron chi connectivity index (χ2n) is 11.3. The molecule has 1 spiro atoms. The van der Waals surface area contributed by atoms with E-state index in [9.17, 15) is 27.9 Å². The Kier molecular flexibility index (Phi) is 9.21. The van der Waals surface area contributed by atoms with Crippen LogP contribution in [0.4, 0.5) is 24.9 Å². The van der Waals surface area contributed by atoms with Crippen LogP contribution in [0.3, 0.4) is 0 Å². The number of benzene rings is 2. The average molecular weight is 645 g/mol. The number of alkyl halides is 3. The van der Waals surface area contributed by atoms with Crippen LogP contribution in [0.2, 0.25) is 5.02 Å². The van der Waals surface area contributed by atoms with Crippen molar-refractivity contribution in [2.75, 3.05) is 30.3 Å². The normalized spacial score (nSPS) is 18.4. The number of nitrogens with two attached hydrogens (primary N) is 1. The molecule has 5 N–H and O–H groups in total. The number of carboxylic acid groups (broad SMARTS) is 1. The van der Waals surface area contributed by atoms with E-state index in [1.807, 2.05) is 4.90 Å². The summed E-state index contributed by atoms with van der Waals surface area (Å²) in [5.41, 5.74) is 6.85. The van der Waals surface area contributed by atoms with Crippen molar-refractivity contribution < 1.29 is 32.6 Å². The second kappa shape index (κ2) is 12.9. The molecule has 2 aliphatic heterocycles. The summed E-state index contributed by atoms with van der Waals surface area (Å²) < 4.78 is 49.6. The van der Waals surface area contributed by atoms with Crippen LogP contribution in [0.15, 0.2) is 61.2 Å². The number of piperidine rings is 1. The third-order valence-corrected chi connectivity index (χ3v) is 8.47. The first-order chi connectivity index (χ1) is 21.4. The van der Waals surface area contributed by atoms with Crippen molar-refractivity contribution >= 4 is 35.2 Å². The van der Waals surface area contributed by atoms with Gasteiger partial charge in [-0.1, -0.05) is 42.4 Å². The van der Waals surface area contributed by atoms with Gasteiger partial charge < -0.3 is 31.1 Å². The van der Waals surface area contributed by atoms with Gasteiger partial charge in [-0.25, -0.2) is 0 Å². The van der Waals surface area contributed by atoms with E-state index in [1.165, 1.54) is 24.3 Å². The Morgan fingerprint density at radius 3 is 2.64 bits per heavy atom. The average Bonchev–Trinajstić information content (AvgIpc) is 3.42. The highest BCUT2D eigenvalue weighted by Crippen LogP contribution is 2.43. The highest BCUT2D eigenvalue weighted by molar-refractivity contribution is 6.30. The van der Waals surface area contributed by atoms with Crippen molar-refractivity contribution in [3.05, 3.63) is 77.3 Å². The molecular formula is C31H32ClF3N6O4. The summed E-state index contributed by atoms with van der Waals surface area (Å²) in [4.78, 5) is 33.1. The number of carbonyl (C=O) groups is 2. The van der Waals surface area contributed by atoms with E-state index in [0.29, 0.717) is 55.8 Å². The Morgan fingerprint density at radius 2 is 1.98 bits per heavy atom. The molecule has 3 heterocycles. The third-order valence-electron chi connectivity index (χ3n) is 8.24. The molecule has 2 saturated heterocycles. The molecule has 2 atom stereocenters. The summed E-state index contributed by atoms with van der Waals surface area (Å²) in [6, 6.07) is 11.5. The fraction of sp³-hybridized carbons (Fsp3) is 0.355. The van der Waals surface area contributed by atoms with E-state index in [4.69, 9.17) is 22.1 Å². The number of halogens is 4. The van der Waals surface area contributed by atoms with Gasteiger partial charge >= 0.3 is 12.1 Å². The monoisotopic (exact) mass is 644 g/mol. The molecule has 1 aromatic heterocycles. The third kappa shape index (κ3) is 7.48. The first-order valence-corrected chi connectivity index (χ1v) is 14.6.